The Kier molecular flexibility index (Phi) is 7.42. The predicted octanol–water partition coefficient (Wildman–Crippen LogP) is 5.90. The molecule has 0 radical (unpaired) electrons. The van der Waals surface area contributed by atoms with Crippen molar-refractivity contribution < 1.29 is 12.3 Å². The fourth-order valence-corrected chi connectivity index (χ4v) is 17.2. The number of rotatable bonds is 9. The van der Waals surface area contributed by atoms with Crippen LogP contribution in [-0.4, -0.2) is 33.8 Å². The van der Waals surface area contributed by atoms with Crippen LogP contribution in [0.1, 0.15) is 11.1 Å². The molecule has 7 heteroatoms. The minimum absolute atomic E-state index is 0.716. The average Bonchev–Trinajstić information content (AvgIpc) is 2.32. The van der Waals surface area contributed by atoms with Crippen molar-refractivity contribution in [3.05, 3.63) is 42.0 Å². The van der Waals surface area contributed by atoms with Gasteiger partial charge in [-0.15, -0.1) is 0 Å². The molecular formula is C18H36O3Si4. The summed E-state index contributed by atoms with van der Waals surface area (Å²) in [5.41, 5.74) is 2.34. The van der Waals surface area contributed by atoms with Crippen LogP contribution in [0.5, 0.6) is 0 Å². The molecule has 0 N–H and O–H groups in total. The molecule has 0 unspecified atom stereocenters. The summed E-state index contributed by atoms with van der Waals surface area (Å²) in [5, 5.41) is 0. The fourth-order valence-electron chi connectivity index (χ4n) is 2.70. The lowest BCUT2D eigenvalue weighted by Crippen LogP contribution is -2.62. The second kappa shape index (κ2) is 8.16. The summed E-state index contributed by atoms with van der Waals surface area (Å²) < 4.78 is 20.2. The zero-order valence-electron chi connectivity index (χ0n) is 17.5. The molecule has 1 aromatic carbocycles. The highest BCUT2D eigenvalue weighted by Crippen LogP contribution is 2.29. The molecule has 0 atom stereocenters. The van der Waals surface area contributed by atoms with Gasteiger partial charge in [-0.3, -0.25) is 0 Å². The largest absolute Gasteiger partial charge is 0.474 e. The molecule has 0 fully saturated rings. The van der Waals surface area contributed by atoms with Crippen LogP contribution >= 0.6 is 0 Å². The molecular weight excluding hydrogens is 377 g/mol. The first kappa shape index (κ1) is 22.7. The van der Waals surface area contributed by atoms with Crippen LogP contribution in [0.2, 0.25) is 58.9 Å². The summed E-state index contributed by atoms with van der Waals surface area (Å²) in [6, 6.07) is 9.07. The monoisotopic (exact) mass is 412 g/mol. The van der Waals surface area contributed by atoms with Crippen LogP contribution in [0.15, 0.2) is 30.8 Å². The first-order chi connectivity index (χ1) is 11.1. The quantitative estimate of drug-likeness (QED) is 0.472. The smallest absolute Gasteiger partial charge is 0.417 e. The van der Waals surface area contributed by atoms with Gasteiger partial charge in [0.25, 0.3) is 0 Å². The van der Waals surface area contributed by atoms with Gasteiger partial charge in [-0.2, -0.15) is 0 Å². The molecule has 0 aliphatic rings. The maximum absolute atomic E-state index is 6.75. The summed E-state index contributed by atoms with van der Waals surface area (Å²) in [6.45, 7) is 23.9. The zero-order chi connectivity index (χ0) is 19.5. The lowest BCUT2D eigenvalue weighted by molar-refractivity contribution is 0.251. The van der Waals surface area contributed by atoms with E-state index in [0.29, 0.717) is 6.04 Å². The van der Waals surface area contributed by atoms with Crippen molar-refractivity contribution in [2.75, 3.05) is 0 Å². The first-order valence-electron chi connectivity index (χ1n) is 8.96. The van der Waals surface area contributed by atoms with Crippen molar-refractivity contribution in [1.29, 1.82) is 0 Å². The molecule has 3 nitrogen and oxygen atoms in total. The molecule has 25 heavy (non-hydrogen) atoms. The summed E-state index contributed by atoms with van der Waals surface area (Å²) in [7, 11) is -8.38. The van der Waals surface area contributed by atoms with Gasteiger partial charge in [0.05, 0.1) is 0 Å². The van der Waals surface area contributed by atoms with Crippen LogP contribution in [0.25, 0.3) is 6.08 Å². The van der Waals surface area contributed by atoms with Crippen molar-refractivity contribution in [2.45, 2.75) is 65.0 Å². The molecule has 0 aromatic heterocycles. The van der Waals surface area contributed by atoms with Gasteiger partial charge in [0.2, 0.25) is 0 Å². The normalized spacial score (nSPS) is 13.8. The number of hydrogen-bond donors (Lipinski definition) is 0. The third-order valence-corrected chi connectivity index (χ3v) is 15.0. The van der Waals surface area contributed by atoms with E-state index in [0.717, 1.165) is 5.56 Å². The summed E-state index contributed by atoms with van der Waals surface area (Å²) in [5.74, 6) is 0. The molecule has 0 spiro atoms. The van der Waals surface area contributed by atoms with Crippen molar-refractivity contribution in [3.8, 4) is 0 Å². The minimum atomic E-state index is -2.85. The van der Waals surface area contributed by atoms with Gasteiger partial charge in [0.15, 0.2) is 25.0 Å². The molecule has 0 aliphatic heterocycles. The van der Waals surface area contributed by atoms with Crippen molar-refractivity contribution >= 4 is 39.8 Å². The molecule has 142 valence electrons. The van der Waals surface area contributed by atoms with E-state index in [4.69, 9.17) is 12.3 Å². The SMILES string of the molecule is C=Cc1ccccc1C[Si](O[Si](C)(C)C)(O[Si](C)(C)C)O[Si](C)(C)C. The Morgan fingerprint density at radius 3 is 1.52 bits per heavy atom. The van der Waals surface area contributed by atoms with E-state index in [1.165, 1.54) is 5.56 Å². The summed E-state index contributed by atoms with van der Waals surface area (Å²) in [4.78, 5) is 0. The third-order valence-electron chi connectivity index (χ3n) is 3.07. The molecule has 0 aliphatic carbocycles. The lowest BCUT2D eigenvalue weighted by atomic mass is 10.1. The lowest BCUT2D eigenvalue weighted by Gasteiger charge is -2.43. The summed E-state index contributed by atoms with van der Waals surface area (Å²) >= 11 is 0. The van der Waals surface area contributed by atoms with E-state index >= 15 is 0 Å². The maximum atomic E-state index is 6.75. The zero-order valence-corrected chi connectivity index (χ0v) is 21.5. The Morgan fingerprint density at radius 1 is 0.760 bits per heavy atom. The standard InChI is InChI=1S/C18H36O3Si4/c1-11-17-14-12-13-15-18(17)16-25(19-22(2,3)4,20-23(5,6)7)21-24(8,9)10/h11-15H,1,16H2,2-10H3. The molecule has 1 rings (SSSR count). The molecule has 0 amide bonds. The summed E-state index contributed by atoms with van der Waals surface area (Å²) in [6.07, 6.45) is 1.91. The van der Waals surface area contributed by atoms with Crippen molar-refractivity contribution in [3.63, 3.8) is 0 Å². The van der Waals surface area contributed by atoms with Gasteiger partial charge in [-0.25, -0.2) is 0 Å². The van der Waals surface area contributed by atoms with E-state index in [-0.39, 0.29) is 0 Å². The highest BCUT2D eigenvalue weighted by molar-refractivity contribution is 6.89. The Morgan fingerprint density at radius 2 is 1.16 bits per heavy atom. The highest BCUT2D eigenvalue weighted by Gasteiger charge is 2.50. The van der Waals surface area contributed by atoms with Gasteiger partial charge in [0, 0.05) is 6.04 Å². The predicted molar refractivity (Wildman–Crippen MR) is 119 cm³/mol. The minimum Gasteiger partial charge on any atom is -0.417 e. The Labute approximate surface area is 159 Å². The Hall–Kier alpha value is -0.292. The van der Waals surface area contributed by atoms with Crippen LogP contribution in [-0.2, 0) is 18.4 Å². The van der Waals surface area contributed by atoms with Crippen molar-refractivity contribution in [2.24, 2.45) is 0 Å². The van der Waals surface area contributed by atoms with Gasteiger partial charge in [-0.05, 0) is 70.1 Å². The maximum Gasteiger partial charge on any atom is 0.474 e. The molecule has 0 saturated heterocycles. The van der Waals surface area contributed by atoms with Gasteiger partial charge in [-0.1, -0.05) is 36.9 Å². The van der Waals surface area contributed by atoms with Gasteiger partial charge < -0.3 is 12.3 Å². The Balaban J connectivity index is 3.42. The van der Waals surface area contributed by atoms with Gasteiger partial charge in [0.1, 0.15) is 0 Å². The third kappa shape index (κ3) is 8.76. The average molecular weight is 413 g/mol. The van der Waals surface area contributed by atoms with Crippen LogP contribution < -0.4 is 0 Å². The fraction of sp³-hybridized carbons (Fsp3) is 0.556. The second-order valence-electron chi connectivity index (χ2n) is 9.41. The Bertz CT molecular complexity index is 542. The first-order valence-corrected chi connectivity index (χ1v) is 21.1. The number of hydrogen-bond acceptors (Lipinski definition) is 3. The van der Waals surface area contributed by atoms with E-state index < -0.39 is 33.8 Å². The van der Waals surface area contributed by atoms with Crippen molar-refractivity contribution in [1.82, 2.24) is 0 Å². The van der Waals surface area contributed by atoms with E-state index in [2.05, 4.69) is 83.7 Å². The van der Waals surface area contributed by atoms with Crippen LogP contribution in [0.3, 0.4) is 0 Å². The van der Waals surface area contributed by atoms with Gasteiger partial charge >= 0.3 is 8.80 Å². The van der Waals surface area contributed by atoms with Crippen LogP contribution in [0, 0.1) is 0 Å². The van der Waals surface area contributed by atoms with E-state index in [1.54, 1.807) is 0 Å². The van der Waals surface area contributed by atoms with Crippen LogP contribution in [0.4, 0.5) is 0 Å². The second-order valence-corrected chi connectivity index (χ2v) is 26.2. The topological polar surface area (TPSA) is 27.7 Å². The molecule has 0 bridgehead atoms. The highest BCUT2D eigenvalue weighted by atomic mass is 28.5. The molecule has 1 aromatic rings. The number of benzene rings is 1. The molecule has 0 saturated carbocycles. The molecule has 0 heterocycles. The van der Waals surface area contributed by atoms with E-state index in [9.17, 15) is 0 Å². The van der Waals surface area contributed by atoms with E-state index in [1.807, 2.05) is 12.1 Å².